The van der Waals surface area contributed by atoms with E-state index in [4.69, 9.17) is 10.5 Å². The number of aryl methyl sites for hydroxylation is 1. The van der Waals surface area contributed by atoms with Crippen molar-refractivity contribution >= 4 is 11.7 Å². The maximum Gasteiger partial charge on any atom is 0.221 e. The fourth-order valence-corrected chi connectivity index (χ4v) is 2.84. The Hall–Kier alpha value is -1.72. The fraction of sp³-hybridized carbons (Fsp3) is 0.556. The van der Waals surface area contributed by atoms with Crippen molar-refractivity contribution in [1.29, 1.82) is 0 Å². The topological polar surface area (TPSA) is 72.6 Å². The number of rotatable bonds is 6. The smallest absolute Gasteiger partial charge is 0.221 e. The van der Waals surface area contributed by atoms with Gasteiger partial charge in [0, 0.05) is 32.0 Å². The summed E-state index contributed by atoms with van der Waals surface area (Å²) in [5.41, 5.74) is 7.69. The van der Waals surface area contributed by atoms with Gasteiger partial charge < -0.3 is 15.4 Å². The van der Waals surface area contributed by atoms with Crippen molar-refractivity contribution in [2.45, 2.75) is 32.3 Å². The molecule has 0 unspecified atom stereocenters. The van der Waals surface area contributed by atoms with Crippen LogP contribution in [0.4, 0.5) is 0 Å². The van der Waals surface area contributed by atoms with Gasteiger partial charge in [-0.2, -0.15) is 0 Å². The van der Waals surface area contributed by atoms with E-state index in [0.717, 1.165) is 24.1 Å². The molecule has 0 saturated carbocycles. The molecule has 1 aromatic rings. The number of ether oxygens (including phenoxy) is 1. The van der Waals surface area contributed by atoms with Gasteiger partial charge in [-0.25, -0.2) is 0 Å². The van der Waals surface area contributed by atoms with Gasteiger partial charge in [-0.15, -0.1) is 0 Å². The number of nitrogens with two attached hydrogens (primary N) is 1. The summed E-state index contributed by atoms with van der Waals surface area (Å²) in [6, 6.07) is 7.95. The molecule has 23 heavy (non-hydrogen) atoms. The minimum atomic E-state index is -0.484. The van der Waals surface area contributed by atoms with Crippen molar-refractivity contribution in [3.63, 3.8) is 0 Å². The highest BCUT2D eigenvalue weighted by atomic mass is 16.5. The molecule has 1 aliphatic heterocycles. The fourth-order valence-electron chi connectivity index (χ4n) is 2.84. The molecule has 1 aromatic carbocycles. The number of benzene rings is 1. The van der Waals surface area contributed by atoms with Crippen molar-refractivity contribution in [1.82, 2.24) is 4.90 Å². The highest BCUT2D eigenvalue weighted by Crippen LogP contribution is 2.16. The van der Waals surface area contributed by atoms with E-state index in [1.54, 1.807) is 0 Å². The summed E-state index contributed by atoms with van der Waals surface area (Å²) in [6.45, 7) is 4.10. The van der Waals surface area contributed by atoms with Crippen LogP contribution < -0.4 is 5.73 Å². The molecule has 1 amide bonds. The third-order valence-electron chi connectivity index (χ3n) is 4.29. The standard InChI is InChI=1S/C18H26N2O3/c1-13-4-6-14(7-5-13)10-15(18(19)22)11-16(21)17-12-20(2)8-3-9-23-17/h4-7,15,17H,3,8-12H2,1-2H3,(H2,19,22)/t15-,17+/m1/s1. The molecule has 1 aliphatic rings. The summed E-state index contributed by atoms with van der Waals surface area (Å²) in [4.78, 5) is 26.3. The van der Waals surface area contributed by atoms with E-state index in [0.29, 0.717) is 19.6 Å². The highest BCUT2D eigenvalue weighted by Gasteiger charge is 2.28. The summed E-state index contributed by atoms with van der Waals surface area (Å²) < 4.78 is 5.64. The normalized spacial score (nSPS) is 20.7. The number of primary amides is 1. The van der Waals surface area contributed by atoms with Crippen LogP contribution in [0.3, 0.4) is 0 Å². The molecule has 2 rings (SSSR count). The molecular formula is C18H26N2O3. The van der Waals surface area contributed by atoms with E-state index in [1.807, 2.05) is 38.2 Å². The van der Waals surface area contributed by atoms with Gasteiger partial charge in [0.05, 0.1) is 0 Å². The molecule has 1 heterocycles. The zero-order chi connectivity index (χ0) is 16.8. The van der Waals surface area contributed by atoms with Crippen LogP contribution in [0.2, 0.25) is 0 Å². The number of carbonyl (C=O) groups excluding carboxylic acids is 2. The quantitative estimate of drug-likeness (QED) is 0.858. The first-order valence-electron chi connectivity index (χ1n) is 8.13. The molecule has 2 atom stereocenters. The Morgan fingerprint density at radius 3 is 2.70 bits per heavy atom. The molecule has 5 heteroatoms. The predicted octanol–water partition coefficient (Wildman–Crippen LogP) is 1.32. The van der Waals surface area contributed by atoms with Crippen LogP contribution in [0.5, 0.6) is 0 Å². The van der Waals surface area contributed by atoms with Crippen LogP contribution in [-0.4, -0.2) is 49.4 Å². The number of ketones is 1. The van der Waals surface area contributed by atoms with E-state index in [2.05, 4.69) is 4.90 Å². The molecule has 0 spiro atoms. The maximum atomic E-state index is 12.5. The van der Waals surface area contributed by atoms with Crippen LogP contribution in [-0.2, 0) is 20.7 Å². The largest absolute Gasteiger partial charge is 0.369 e. The lowest BCUT2D eigenvalue weighted by Crippen LogP contribution is -2.37. The summed E-state index contributed by atoms with van der Waals surface area (Å²) in [6.07, 6.45) is 1.09. The van der Waals surface area contributed by atoms with Gasteiger partial charge in [-0.05, 0) is 32.4 Å². The minimum absolute atomic E-state index is 0.0327. The first kappa shape index (κ1) is 17.6. The van der Waals surface area contributed by atoms with Gasteiger partial charge in [0.25, 0.3) is 0 Å². The summed E-state index contributed by atoms with van der Waals surface area (Å²) in [5.74, 6) is -0.946. The summed E-state index contributed by atoms with van der Waals surface area (Å²) >= 11 is 0. The number of likely N-dealkylation sites (N-methyl/N-ethyl adjacent to an activating group) is 1. The van der Waals surface area contributed by atoms with Gasteiger partial charge in [0.1, 0.15) is 6.10 Å². The zero-order valence-corrected chi connectivity index (χ0v) is 14.0. The Kier molecular flexibility index (Phi) is 6.30. The molecule has 0 radical (unpaired) electrons. The number of nitrogens with zero attached hydrogens (tertiary/aromatic N) is 1. The number of hydrogen-bond donors (Lipinski definition) is 1. The summed E-state index contributed by atoms with van der Waals surface area (Å²) in [5, 5.41) is 0. The summed E-state index contributed by atoms with van der Waals surface area (Å²) in [7, 11) is 1.98. The molecule has 0 aromatic heterocycles. The van der Waals surface area contributed by atoms with Crippen molar-refractivity contribution in [3.8, 4) is 0 Å². The third kappa shape index (κ3) is 5.44. The van der Waals surface area contributed by atoms with E-state index in [1.165, 1.54) is 0 Å². The third-order valence-corrected chi connectivity index (χ3v) is 4.29. The molecular weight excluding hydrogens is 292 g/mol. The van der Waals surface area contributed by atoms with E-state index in [9.17, 15) is 9.59 Å². The lowest BCUT2D eigenvalue weighted by Gasteiger charge is -2.20. The zero-order valence-electron chi connectivity index (χ0n) is 14.0. The van der Waals surface area contributed by atoms with Crippen molar-refractivity contribution < 1.29 is 14.3 Å². The van der Waals surface area contributed by atoms with Crippen LogP contribution in [0.25, 0.3) is 0 Å². The molecule has 2 N–H and O–H groups in total. The first-order valence-corrected chi connectivity index (χ1v) is 8.13. The Labute approximate surface area is 137 Å². The van der Waals surface area contributed by atoms with E-state index < -0.39 is 17.9 Å². The molecule has 1 fully saturated rings. The highest BCUT2D eigenvalue weighted by molar-refractivity contribution is 5.89. The van der Waals surface area contributed by atoms with Crippen LogP contribution in [0.15, 0.2) is 24.3 Å². The molecule has 5 nitrogen and oxygen atoms in total. The second-order valence-electron chi connectivity index (χ2n) is 6.43. The number of Topliss-reactive ketones (excluding diaryl/α,β-unsaturated/α-hetero) is 1. The van der Waals surface area contributed by atoms with Gasteiger partial charge in [0.2, 0.25) is 5.91 Å². The van der Waals surface area contributed by atoms with E-state index in [-0.39, 0.29) is 12.2 Å². The van der Waals surface area contributed by atoms with Gasteiger partial charge in [-0.3, -0.25) is 9.59 Å². The lowest BCUT2D eigenvalue weighted by molar-refractivity contribution is -0.134. The van der Waals surface area contributed by atoms with Gasteiger partial charge in [-0.1, -0.05) is 29.8 Å². The van der Waals surface area contributed by atoms with Crippen LogP contribution in [0, 0.1) is 12.8 Å². The first-order chi connectivity index (χ1) is 11.0. The Morgan fingerprint density at radius 2 is 2.04 bits per heavy atom. The molecule has 0 aliphatic carbocycles. The number of hydrogen-bond acceptors (Lipinski definition) is 4. The van der Waals surface area contributed by atoms with Crippen molar-refractivity contribution in [3.05, 3.63) is 35.4 Å². The SMILES string of the molecule is Cc1ccc(C[C@H](CC(=O)[C@@H]2CN(C)CCCO2)C(N)=O)cc1. The average Bonchev–Trinajstić information content (AvgIpc) is 2.73. The second kappa shape index (κ2) is 8.22. The number of carbonyl (C=O) groups is 2. The van der Waals surface area contributed by atoms with Gasteiger partial charge >= 0.3 is 0 Å². The Morgan fingerprint density at radius 1 is 1.35 bits per heavy atom. The molecule has 1 saturated heterocycles. The van der Waals surface area contributed by atoms with Crippen LogP contribution in [0.1, 0.15) is 24.0 Å². The monoisotopic (exact) mass is 318 g/mol. The maximum absolute atomic E-state index is 12.5. The van der Waals surface area contributed by atoms with Crippen LogP contribution >= 0.6 is 0 Å². The Balaban J connectivity index is 1.99. The van der Waals surface area contributed by atoms with Gasteiger partial charge in [0.15, 0.2) is 5.78 Å². The number of amides is 1. The predicted molar refractivity (Wildman–Crippen MR) is 89.0 cm³/mol. The lowest BCUT2D eigenvalue weighted by atomic mass is 9.92. The molecule has 0 bridgehead atoms. The van der Waals surface area contributed by atoms with Crippen molar-refractivity contribution in [2.75, 3.05) is 26.7 Å². The van der Waals surface area contributed by atoms with Crippen molar-refractivity contribution in [2.24, 2.45) is 11.7 Å². The minimum Gasteiger partial charge on any atom is -0.369 e. The van der Waals surface area contributed by atoms with E-state index >= 15 is 0 Å². The Bertz CT molecular complexity index is 542. The average molecular weight is 318 g/mol. The second-order valence-corrected chi connectivity index (χ2v) is 6.43. The molecule has 126 valence electrons.